The van der Waals surface area contributed by atoms with Crippen LogP contribution in [0.25, 0.3) is 33.4 Å². The van der Waals surface area contributed by atoms with E-state index >= 15 is 0 Å². The Morgan fingerprint density at radius 3 is 1.60 bits per heavy atom. The third-order valence-electron chi connectivity index (χ3n) is 12.5. The molecule has 0 fully saturated rings. The third-order valence-corrected chi connectivity index (χ3v) is 12.5. The topological polar surface area (TPSA) is 21.7 Å². The molecule has 0 aromatic heterocycles. The molecule has 0 amide bonds. The number of hydrogen-bond acceptors (Lipinski definition) is 3. The van der Waals surface area contributed by atoms with Crippen LogP contribution >= 0.6 is 0 Å². The zero-order chi connectivity index (χ0) is 36.5. The fourth-order valence-electron chi connectivity index (χ4n) is 10.2. The van der Waals surface area contributed by atoms with E-state index in [2.05, 4.69) is 189 Å². The number of fused-ring (bicyclic) bond motifs is 16. The van der Waals surface area contributed by atoms with Gasteiger partial charge in [-0.15, -0.1) is 0 Å². The minimum Gasteiger partial charge on any atom is -0.449 e. The van der Waals surface area contributed by atoms with Gasteiger partial charge in [-0.2, -0.15) is 0 Å². The lowest BCUT2D eigenvalue weighted by Gasteiger charge is -2.31. The maximum absolute atomic E-state index is 7.12. The molecule has 8 aromatic rings. The summed E-state index contributed by atoms with van der Waals surface area (Å²) in [6, 6.07) is 63.6. The van der Waals surface area contributed by atoms with Gasteiger partial charge in [0, 0.05) is 28.4 Å². The van der Waals surface area contributed by atoms with Crippen LogP contribution in [0.4, 0.5) is 17.1 Å². The van der Waals surface area contributed by atoms with E-state index in [1.807, 2.05) is 6.07 Å². The predicted octanol–water partition coefficient (Wildman–Crippen LogP) is 13.7. The van der Waals surface area contributed by atoms with Crippen molar-refractivity contribution in [3.05, 3.63) is 209 Å². The molecule has 3 nitrogen and oxygen atoms in total. The molecule has 1 heterocycles. The first-order valence-corrected chi connectivity index (χ1v) is 19.1. The van der Waals surface area contributed by atoms with E-state index in [9.17, 15) is 0 Å². The van der Waals surface area contributed by atoms with Gasteiger partial charge in [0.2, 0.25) is 0 Å². The lowest BCUT2D eigenvalue weighted by molar-refractivity contribution is 0.360. The number of nitrogens with zero attached hydrogens (tertiary/aromatic N) is 1. The molecule has 4 aliphatic rings. The van der Waals surface area contributed by atoms with Crippen molar-refractivity contribution in [3.63, 3.8) is 0 Å². The molecule has 0 radical (unpaired) electrons. The summed E-state index contributed by atoms with van der Waals surface area (Å²) in [6.45, 7) is 4.67. The fraction of sp³-hybridized carbons (Fsp3) is 0.0769. The normalized spacial score (nSPS) is 14.9. The molecule has 0 saturated carbocycles. The molecule has 3 aliphatic carbocycles. The standard InChI is InChI=1S/C52H35NO2/c1-51(2)40-20-10-6-16-35(40)38-26-24-33(30-45(38)51)53(32-14-4-3-5-15-32)34-25-28-46-48(31-34)55-50-47(54-46)29-27-44-49(50)39-19-9-13-23-43(39)52(44)41-21-11-7-17-36(41)37-18-8-12-22-42(37)52/h3-31H,1-2H3. The highest BCUT2D eigenvalue weighted by Crippen LogP contribution is 2.66. The highest BCUT2D eigenvalue weighted by atomic mass is 16.6. The second-order valence-corrected chi connectivity index (χ2v) is 15.6. The van der Waals surface area contributed by atoms with Crippen molar-refractivity contribution in [2.45, 2.75) is 24.7 Å². The van der Waals surface area contributed by atoms with Crippen molar-refractivity contribution in [1.82, 2.24) is 0 Å². The van der Waals surface area contributed by atoms with Crippen molar-refractivity contribution in [2.75, 3.05) is 4.90 Å². The first-order chi connectivity index (χ1) is 27.0. The quantitative estimate of drug-likeness (QED) is 0.183. The monoisotopic (exact) mass is 705 g/mol. The van der Waals surface area contributed by atoms with E-state index in [0.29, 0.717) is 11.5 Å². The molecule has 8 aromatic carbocycles. The van der Waals surface area contributed by atoms with Gasteiger partial charge in [0.15, 0.2) is 23.0 Å². The summed E-state index contributed by atoms with van der Waals surface area (Å²) in [5.74, 6) is 2.88. The van der Waals surface area contributed by atoms with Crippen LogP contribution < -0.4 is 14.4 Å². The van der Waals surface area contributed by atoms with Crippen molar-refractivity contribution in [1.29, 1.82) is 0 Å². The number of anilines is 3. The Morgan fingerprint density at radius 1 is 0.364 bits per heavy atom. The third kappa shape index (κ3) is 3.94. The van der Waals surface area contributed by atoms with Gasteiger partial charge in [0.25, 0.3) is 0 Å². The summed E-state index contributed by atoms with van der Waals surface area (Å²) < 4.78 is 13.9. The smallest absolute Gasteiger partial charge is 0.178 e. The summed E-state index contributed by atoms with van der Waals surface area (Å²) in [6.07, 6.45) is 0. The molecule has 0 bridgehead atoms. The maximum Gasteiger partial charge on any atom is 0.178 e. The molecule has 260 valence electrons. The first-order valence-electron chi connectivity index (χ1n) is 19.1. The zero-order valence-electron chi connectivity index (χ0n) is 30.5. The number of ether oxygens (including phenoxy) is 2. The van der Waals surface area contributed by atoms with E-state index in [0.717, 1.165) is 34.1 Å². The molecule has 1 spiro atoms. The molecule has 1 aliphatic heterocycles. The van der Waals surface area contributed by atoms with E-state index in [1.54, 1.807) is 0 Å². The van der Waals surface area contributed by atoms with E-state index in [4.69, 9.17) is 9.47 Å². The van der Waals surface area contributed by atoms with Crippen molar-refractivity contribution >= 4 is 17.1 Å². The van der Waals surface area contributed by atoms with E-state index < -0.39 is 5.41 Å². The number of para-hydroxylation sites is 1. The van der Waals surface area contributed by atoms with Gasteiger partial charge in [0.1, 0.15) is 0 Å². The van der Waals surface area contributed by atoms with Gasteiger partial charge in [-0.25, -0.2) is 0 Å². The Kier molecular flexibility index (Phi) is 6.05. The number of benzene rings is 8. The molecule has 0 atom stereocenters. The van der Waals surface area contributed by atoms with Crippen LogP contribution in [0.2, 0.25) is 0 Å². The van der Waals surface area contributed by atoms with Crippen LogP contribution in [0.1, 0.15) is 47.2 Å². The second-order valence-electron chi connectivity index (χ2n) is 15.6. The second kappa shape index (κ2) is 10.9. The molecule has 0 saturated heterocycles. The van der Waals surface area contributed by atoms with Crippen molar-refractivity contribution in [3.8, 4) is 56.4 Å². The van der Waals surface area contributed by atoms with Crippen LogP contribution in [-0.4, -0.2) is 0 Å². The number of rotatable bonds is 3. The molecule has 3 heteroatoms. The Morgan fingerprint density at radius 2 is 0.891 bits per heavy atom. The summed E-state index contributed by atoms with van der Waals surface area (Å²) in [5, 5.41) is 0. The first kappa shape index (κ1) is 30.6. The average Bonchev–Trinajstić information content (AvgIpc) is 3.79. The highest BCUT2D eigenvalue weighted by molar-refractivity contribution is 5.98. The molecular weight excluding hydrogens is 671 g/mol. The largest absolute Gasteiger partial charge is 0.449 e. The molecule has 0 N–H and O–H groups in total. The Hall–Kier alpha value is -6.84. The summed E-state index contributed by atoms with van der Waals surface area (Å²) in [7, 11) is 0. The Labute approximate surface area is 320 Å². The Balaban J connectivity index is 1.02. The highest BCUT2D eigenvalue weighted by Gasteiger charge is 2.53. The molecule has 0 unspecified atom stereocenters. The minimum absolute atomic E-state index is 0.116. The number of hydrogen-bond donors (Lipinski definition) is 0. The van der Waals surface area contributed by atoms with E-state index in [-0.39, 0.29) is 5.41 Å². The van der Waals surface area contributed by atoms with Crippen LogP contribution in [0, 0.1) is 0 Å². The Bertz CT molecular complexity index is 2880. The van der Waals surface area contributed by atoms with Crippen molar-refractivity contribution in [2.24, 2.45) is 0 Å². The van der Waals surface area contributed by atoms with Gasteiger partial charge < -0.3 is 14.4 Å². The van der Waals surface area contributed by atoms with Crippen LogP contribution in [-0.2, 0) is 10.8 Å². The summed E-state index contributed by atoms with van der Waals surface area (Å²) in [5.41, 5.74) is 17.9. The van der Waals surface area contributed by atoms with Gasteiger partial charge >= 0.3 is 0 Å². The SMILES string of the molecule is CC1(C)c2ccccc2-c2ccc(N(c3ccccc3)c3ccc4c(c3)Oc3c(ccc5c3-c3ccccc3C53c5ccccc5-c5ccccc53)O4)cc21. The lowest BCUT2D eigenvalue weighted by atomic mass is 9.70. The van der Waals surface area contributed by atoms with Crippen LogP contribution in [0.5, 0.6) is 23.0 Å². The van der Waals surface area contributed by atoms with Gasteiger partial charge in [-0.05, 0) is 104 Å². The molecule has 55 heavy (non-hydrogen) atoms. The van der Waals surface area contributed by atoms with Crippen LogP contribution in [0.3, 0.4) is 0 Å². The van der Waals surface area contributed by atoms with Gasteiger partial charge in [-0.1, -0.05) is 141 Å². The van der Waals surface area contributed by atoms with Crippen molar-refractivity contribution < 1.29 is 9.47 Å². The lowest BCUT2D eigenvalue weighted by Crippen LogP contribution is -2.25. The minimum atomic E-state index is -0.454. The summed E-state index contributed by atoms with van der Waals surface area (Å²) >= 11 is 0. The summed E-state index contributed by atoms with van der Waals surface area (Å²) in [4.78, 5) is 2.32. The predicted molar refractivity (Wildman–Crippen MR) is 222 cm³/mol. The maximum atomic E-state index is 7.12. The zero-order valence-corrected chi connectivity index (χ0v) is 30.5. The van der Waals surface area contributed by atoms with E-state index in [1.165, 1.54) is 61.2 Å². The van der Waals surface area contributed by atoms with Gasteiger partial charge in [0.05, 0.1) is 11.1 Å². The van der Waals surface area contributed by atoms with Gasteiger partial charge in [-0.3, -0.25) is 0 Å². The van der Waals surface area contributed by atoms with Crippen LogP contribution in [0.15, 0.2) is 176 Å². The molecular formula is C52H35NO2. The molecule has 12 rings (SSSR count). The fourth-order valence-corrected chi connectivity index (χ4v) is 10.2. The average molecular weight is 706 g/mol.